The Morgan fingerprint density at radius 1 is 0.971 bits per heavy atom. The molecule has 1 fully saturated rings. The van der Waals surface area contributed by atoms with Crippen LogP contribution in [0.2, 0.25) is 0 Å². The van der Waals surface area contributed by atoms with E-state index in [1.165, 1.54) is 6.08 Å². The molecule has 0 spiro atoms. The number of nitrogens with one attached hydrogen (secondary N) is 1. The van der Waals surface area contributed by atoms with Crippen molar-refractivity contribution in [3.63, 3.8) is 0 Å². The molecule has 2 aromatic carbocycles. The molecule has 7 nitrogen and oxygen atoms in total. The van der Waals surface area contributed by atoms with Crippen LogP contribution in [0.15, 0.2) is 66.4 Å². The van der Waals surface area contributed by atoms with E-state index in [1.54, 1.807) is 18.2 Å². The van der Waals surface area contributed by atoms with Gasteiger partial charge in [-0.1, -0.05) is 25.1 Å². The van der Waals surface area contributed by atoms with Crippen LogP contribution in [0.1, 0.15) is 29.3 Å². The molecule has 1 N–H and O–H groups in total. The van der Waals surface area contributed by atoms with Gasteiger partial charge in [-0.25, -0.2) is 9.69 Å². The van der Waals surface area contributed by atoms with Crippen LogP contribution in [0.5, 0.6) is 5.75 Å². The standard InChI is InChI=1S/C27H27N3O4/c1-4-20-7-9-21(10-8-20)30-26(32)24(25(31)28-27(30)33)17-22-6-5-11-29(22)12-13-34-23-15-18(2)14-19(3)16-23/h5-11,14-17H,4,12-13H2,1-3H3,(H,28,31,33)/b24-17+. The minimum atomic E-state index is -0.756. The number of carbonyl (C=O) groups excluding carboxylic acids is 3. The molecule has 4 amide bonds. The van der Waals surface area contributed by atoms with Gasteiger partial charge < -0.3 is 9.30 Å². The highest BCUT2D eigenvalue weighted by Crippen LogP contribution is 2.23. The number of ether oxygens (including phenoxy) is 1. The zero-order chi connectivity index (χ0) is 24.2. The number of amides is 4. The number of hydrogen-bond donors (Lipinski definition) is 1. The molecule has 34 heavy (non-hydrogen) atoms. The number of anilines is 1. The predicted octanol–water partition coefficient (Wildman–Crippen LogP) is 4.41. The smallest absolute Gasteiger partial charge is 0.335 e. The predicted molar refractivity (Wildman–Crippen MR) is 131 cm³/mol. The SMILES string of the molecule is CCc1ccc(N2C(=O)NC(=O)/C(=C\c3cccn3CCOc3cc(C)cc(C)c3)C2=O)cc1. The van der Waals surface area contributed by atoms with Crippen molar-refractivity contribution in [3.05, 3.63) is 88.8 Å². The lowest BCUT2D eigenvalue weighted by molar-refractivity contribution is -0.122. The molecule has 1 aliphatic rings. The molecule has 4 rings (SSSR count). The molecule has 0 unspecified atom stereocenters. The minimum Gasteiger partial charge on any atom is -0.492 e. The topological polar surface area (TPSA) is 80.6 Å². The zero-order valence-electron chi connectivity index (χ0n) is 19.5. The van der Waals surface area contributed by atoms with Crippen LogP contribution < -0.4 is 15.0 Å². The van der Waals surface area contributed by atoms with Gasteiger partial charge >= 0.3 is 6.03 Å². The Balaban J connectivity index is 1.52. The van der Waals surface area contributed by atoms with Crippen molar-refractivity contribution in [1.82, 2.24) is 9.88 Å². The number of hydrogen-bond acceptors (Lipinski definition) is 4. The molecule has 1 aliphatic heterocycles. The van der Waals surface area contributed by atoms with Crippen LogP contribution in [-0.2, 0) is 22.6 Å². The van der Waals surface area contributed by atoms with Gasteiger partial charge in [0.25, 0.3) is 11.8 Å². The van der Waals surface area contributed by atoms with Crippen LogP contribution in [0.25, 0.3) is 6.08 Å². The van der Waals surface area contributed by atoms with Crippen molar-refractivity contribution < 1.29 is 19.1 Å². The lowest BCUT2D eigenvalue weighted by Gasteiger charge is -2.26. The molecular formula is C27H27N3O4. The largest absolute Gasteiger partial charge is 0.492 e. The Bertz CT molecular complexity index is 1250. The van der Waals surface area contributed by atoms with Gasteiger partial charge in [0, 0.05) is 11.9 Å². The van der Waals surface area contributed by atoms with Gasteiger partial charge in [-0.3, -0.25) is 14.9 Å². The van der Waals surface area contributed by atoms with E-state index in [9.17, 15) is 14.4 Å². The second-order valence-corrected chi connectivity index (χ2v) is 8.28. The van der Waals surface area contributed by atoms with E-state index in [4.69, 9.17) is 4.74 Å². The van der Waals surface area contributed by atoms with Gasteiger partial charge in [0.1, 0.15) is 17.9 Å². The van der Waals surface area contributed by atoms with Crippen molar-refractivity contribution in [2.24, 2.45) is 0 Å². The third kappa shape index (κ3) is 4.93. The van der Waals surface area contributed by atoms with E-state index < -0.39 is 17.8 Å². The molecule has 1 saturated heterocycles. The summed E-state index contributed by atoms with van der Waals surface area (Å²) >= 11 is 0. The fraction of sp³-hybridized carbons (Fsp3) is 0.222. The number of aromatic nitrogens is 1. The molecule has 174 valence electrons. The Labute approximate surface area is 198 Å². The van der Waals surface area contributed by atoms with E-state index in [0.29, 0.717) is 24.5 Å². The first-order valence-corrected chi connectivity index (χ1v) is 11.2. The first kappa shape index (κ1) is 23.0. The van der Waals surface area contributed by atoms with E-state index in [-0.39, 0.29) is 5.57 Å². The molecule has 7 heteroatoms. The summed E-state index contributed by atoms with van der Waals surface area (Å²) in [5, 5.41) is 2.27. The Morgan fingerprint density at radius 3 is 2.35 bits per heavy atom. The molecule has 0 bridgehead atoms. The van der Waals surface area contributed by atoms with Crippen LogP contribution >= 0.6 is 0 Å². The summed E-state index contributed by atoms with van der Waals surface area (Å²) in [6.07, 6.45) is 4.21. The number of nitrogens with zero attached hydrogens (tertiary/aromatic N) is 2. The summed E-state index contributed by atoms with van der Waals surface area (Å²) < 4.78 is 7.79. The third-order valence-electron chi connectivity index (χ3n) is 5.66. The fourth-order valence-corrected chi connectivity index (χ4v) is 3.96. The van der Waals surface area contributed by atoms with Gasteiger partial charge in [-0.15, -0.1) is 0 Å². The number of carbonyl (C=O) groups is 3. The molecule has 3 aromatic rings. The summed E-state index contributed by atoms with van der Waals surface area (Å²) in [5.74, 6) is -0.567. The zero-order valence-corrected chi connectivity index (χ0v) is 19.5. The summed E-state index contributed by atoms with van der Waals surface area (Å²) in [6.45, 7) is 7.01. The average Bonchev–Trinajstić information content (AvgIpc) is 3.23. The monoisotopic (exact) mass is 457 g/mol. The average molecular weight is 458 g/mol. The number of barbiturate groups is 1. The Hall–Kier alpha value is -4.13. The van der Waals surface area contributed by atoms with Gasteiger partial charge in [0.2, 0.25) is 0 Å². The van der Waals surface area contributed by atoms with Crippen LogP contribution in [0, 0.1) is 13.8 Å². The van der Waals surface area contributed by atoms with E-state index >= 15 is 0 Å². The van der Waals surface area contributed by atoms with E-state index in [0.717, 1.165) is 33.8 Å². The van der Waals surface area contributed by atoms with Crippen molar-refractivity contribution in [2.45, 2.75) is 33.7 Å². The lowest BCUT2D eigenvalue weighted by Crippen LogP contribution is -2.54. The van der Waals surface area contributed by atoms with Crippen LogP contribution in [0.4, 0.5) is 10.5 Å². The van der Waals surface area contributed by atoms with Crippen molar-refractivity contribution in [3.8, 4) is 5.75 Å². The highest BCUT2D eigenvalue weighted by atomic mass is 16.5. The van der Waals surface area contributed by atoms with Gasteiger partial charge in [-0.05, 0) is 79.4 Å². The normalized spacial score (nSPS) is 15.1. The molecule has 0 radical (unpaired) electrons. The third-order valence-corrected chi connectivity index (χ3v) is 5.66. The summed E-state index contributed by atoms with van der Waals surface area (Å²) in [4.78, 5) is 39.1. The maximum Gasteiger partial charge on any atom is 0.335 e. The number of urea groups is 1. The molecular weight excluding hydrogens is 430 g/mol. The number of rotatable bonds is 7. The first-order valence-electron chi connectivity index (χ1n) is 11.2. The number of imide groups is 2. The van der Waals surface area contributed by atoms with Gasteiger partial charge in [0.15, 0.2) is 0 Å². The summed E-state index contributed by atoms with van der Waals surface area (Å²) in [6, 6.07) is 16.1. The first-order chi connectivity index (χ1) is 16.4. The highest BCUT2D eigenvalue weighted by Gasteiger charge is 2.36. The highest BCUT2D eigenvalue weighted by molar-refractivity contribution is 6.39. The number of aryl methyl sites for hydroxylation is 3. The van der Waals surface area contributed by atoms with Gasteiger partial charge in [0.05, 0.1) is 12.2 Å². The molecule has 2 heterocycles. The second kappa shape index (κ2) is 9.79. The maximum atomic E-state index is 13.1. The van der Waals surface area contributed by atoms with E-state index in [2.05, 4.69) is 11.4 Å². The summed E-state index contributed by atoms with van der Waals surface area (Å²) in [7, 11) is 0. The van der Waals surface area contributed by atoms with Crippen molar-refractivity contribution in [2.75, 3.05) is 11.5 Å². The molecule has 0 atom stereocenters. The van der Waals surface area contributed by atoms with Crippen LogP contribution in [-0.4, -0.2) is 29.0 Å². The molecule has 1 aromatic heterocycles. The van der Waals surface area contributed by atoms with Gasteiger partial charge in [-0.2, -0.15) is 0 Å². The fourth-order valence-electron chi connectivity index (χ4n) is 3.96. The minimum absolute atomic E-state index is 0.102. The lowest BCUT2D eigenvalue weighted by atomic mass is 10.1. The Morgan fingerprint density at radius 2 is 1.68 bits per heavy atom. The van der Waals surface area contributed by atoms with Crippen molar-refractivity contribution in [1.29, 1.82) is 0 Å². The Kier molecular flexibility index (Phi) is 6.63. The number of benzene rings is 2. The second-order valence-electron chi connectivity index (χ2n) is 8.28. The van der Waals surface area contributed by atoms with Crippen molar-refractivity contribution >= 4 is 29.6 Å². The molecule has 0 aliphatic carbocycles. The van der Waals surface area contributed by atoms with Crippen LogP contribution in [0.3, 0.4) is 0 Å². The summed E-state index contributed by atoms with van der Waals surface area (Å²) in [5.41, 5.74) is 4.32. The quantitative estimate of drug-likeness (QED) is 0.421. The maximum absolute atomic E-state index is 13.1. The molecule has 0 saturated carbocycles. The van der Waals surface area contributed by atoms with E-state index in [1.807, 2.05) is 61.9 Å².